The molecule has 8 nitrogen and oxygen atoms in total. The van der Waals surface area contributed by atoms with Gasteiger partial charge in [0.2, 0.25) is 0 Å². The number of nitriles is 1. The van der Waals surface area contributed by atoms with E-state index in [0.29, 0.717) is 21.7 Å². The number of rotatable bonds is 4. The van der Waals surface area contributed by atoms with E-state index >= 15 is 0 Å². The summed E-state index contributed by atoms with van der Waals surface area (Å²) in [6.07, 6.45) is 5.12. The predicted octanol–water partition coefficient (Wildman–Crippen LogP) is 2.37. The molecule has 0 saturated heterocycles. The molecule has 2 aromatic rings. The minimum atomic E-state index is -0.942. The zero-order chi connectivity index (χ0) is 20.8. The molecule has 0 bridgehead atoms. The smallest absolute Gasteiger partial charge is 0.337 e. The Labute approximate surface area is 171 Å². The maximum atomic E-state index is 12.1. The fourth-order valence-electron chi connectivity index (χ4n) is 2.97. The number of nitrogens with zero attached hydrogens (tertiary/aromatic N) is 2. The zero-order valence-corrected chi connectivity index (χ0v) is 16.5. The van der Waals surface area contributed by atoms with Gasteiger partial charge in [0.1, 0.15) is 11.1 Å². The van der Waals surface area contributed by atoms with Crippen molar-refractivity contribution in [2.75, 3.05) is 12.4 Å². The van der Waals surface area contributed by atoms with Crippen molar-refractivity contribution < 1.29 is 19.1 Å². The molecule has 0 unspecified atom stereocenters. The number of hydrogen-bond acceptors (Lipinski definition) is 7. The first kappa shape index (κ1) is 20.2. The Morgan fingerprint density at radius 2 is 1.90 bits per heavy atom. The van der Waals surface area contributed by atoms with Crippen molar-refractivity contribution in [1.29, 1.82) is 5.26 Å². The lowest BCUT2D eigenvalue weighted by atomic mass is 9.96. The van der Waals surface area contributed by atoms with Crippen LogP contribution in [0.25, 0.3) is 0 Å². The van der Waals surface area contributed by atoms with Crippen LogP contribution < -0.4 is 10.7 Å². The number of anilines is 1. The number of hydrazone groups is 1. The van der Waals surface area contributed by atoms with Crippen LogP contribution in [0.2, 0.25) is 0 Å². The molecule has 1 aliphatic carbocycles. The van der Waals surface area contributed by atoms with Crippen molar-refractivity contribution in [3.8, 4) is 6.07 Å². The van der Waals surface area contributed by atoms with E-state index in [1.165, 1.54) is 24.7 Å². The topological polar surface area (TPSA) is 121 Å². The molecule has 3 rings (SSSR count). The maximum absolute atomic E-state index is 12.1. The van der Waals surface area contributed by atoms with Crippen LogP contribution >= 0.6 is 11.3 Å². The summed E-state index contributed by atoms with van der Waals surface area (Å²) in [7, 11) is 1.29. The van der Waals surface area contributed by atoms with Crippen LogP contribution in [0.3, 0.4) is 0 Å². The number of benzene rings is 1. The molecule has 1 aliphatic rings. The number of carbonyl (C=O) groups is 3. The van der Waals surface area contributed by atoms with Crippen molar-refractivity contribution >= 4 is 40.3 Å². The van der Waals surface area contributed by atoms with Crippen LogP contribution in [0.15, 0.2) is 29.4 Å². The molecule has 2 N–H and O–H groups in total. The number of hydrogen-bond donors (Lipinski definition) is 2. The number of amides is 2. The number of fused-ring (bicyclic) bond motifs is 1. The van der Waals surface area contributed by atoms with Gasteiger partial charge in [-0.3, -0.25) is 9.59 Å². The Morgan fingerprint density at radius 1 is 1.17 bits per heavy atom. The summed E-state index contributed by atoms with van der Waals surface area (Å²) in [5.74, 6) is -2.29. The number of nitrogens with one attached hydrogen (secondary N) is 2. The Kier molecular flexibility index (Phi) is 6.36. The monoisotopic (exact) mass is 410 g/mol. The molecular formula is C20H18N4O4S. The highest BCUT2D eigenvalue weighted by atomic mass is 32.1. The standard InChI is InChI=1S/C20H18N4O4S/c1-28-20(27)13-8-6-12(7-9-13)11-22-24-18(26)17(25)23-19-15(10-21)14-4-2-3-5-16(14)29-19/h6-9,11H,2-5H2,1H3,(H,23,25)(H,24,26). The van der Waals surface area contributed by atoms with Gasteiger partial charge in [-0.05, 0) is 48.9 Å². The number of ether oxygens (including phenoxy) is 1. The van der Waals surface area contributed by atoms with Gasteiger partial charge in [0.05, 0.1) is 24.5 Å². The summed E-state index contributed by atoms with van der Waals surface area (Å²) in [6, 6.07) is 8.49. The largest absolute Gasteiger partial charge is 0.465 e. The second kappa shape index (κ2) is 9.12. The predicted molar refractivity (Wildman–Crippen MR) is 108 cm³/mol. The van der Waals surface area contributed by atoms with Crippen molar-refractivity contribution in [2.45, 2.75) is 25.7 Å². The molecular weight excluding hydrogens is 392 g/mol. The van der Waals surface area contributed by atoms with Gasteiger partial charge in [-0.1, -0.05) is 12.1 Å². The molecule has 0 spiro atoms. The van der Waals surface area contributed by atoms with E-state index in [0.717, 1.165) is 36.1 Å². The molecule has 1 heterocycles. The van der Waals surface area contributed by atoms with E-state index in [2.05, 4.69) is 26.7 Å². The van der Waals surface area contributed by atoms with Crippen molar-refractivity contribution in [3.63, 3.8) is 0 Å². The quantitative estimate of drug-likeness (QED) is 0.347. The van der Waals surface area contributed by atoms with Crippen LogP contribution in [-0.2, 0) is 27.2 Å². The molecule has 9 heteroatoms. The van der Waals surface area contributed by atoms with E-state index in [4.69, 9.17) is 0 Å². The lowest BCUT2D eigenvalue weighted by Crippen LogP contribution is -2.32. The summed E-state index contributed by atoms with van der Waals surface area (Å²) >= 11 is 1.35. The zero-order valence-electron chi connectivity index (χ0n) is 15.7. The van der Waals surface area contributed by atoms with Gasteiger partial charge >= 0.3 is 17.8 Å². The third-order valence-corrected chi connectivity index (χ3v) is 5.64. The Bertz CT molecular complexity index is 1020. The first-order chi connectivity index (χ1) is 14.0. The highest BCUT2D eigenvalue weighted by molar-refractivity contribution is 7.16. The number of carbonyl (C=O) groups excluding carboxylic acids is 3. The summed E-state index contributed by atoms with van der Waals surface area (Å²) in [4.78, 5) is 36.6. The van der Waals surface area contributed by atoms with Gasteiger partial charge in [0.15, 0.2) is 0 Å². The first-order valence-electron chi connectivity index (χ1n) is 8.91. The lowest BCUT2D eigenvalue weighted by Gasteiger charge is -2.09. The molecule has 0 aliphatic heterocycles. The number of methoxy groups -OCH3 is 1. The number of thiophene rings is 1. The fourth-order valence-corrected chi connectivity index (χ4v) is 4.21. The SMILES string of the molecule is COC(=O)c1ccc(C=NNC(=O)C(=O)Nc2sc3c(c2C#N)CCCC3)cc1. The molecule has 1 aromatic heterocycles. The molecule has 0 atom stereocenters. The van der Waals surface area contributed by atoms with E-state index < -0.39 is 17.8 Å². The first-order valence-corrected chi connectivity index (χ1v) is 9.72. The molecule has 1 aromatic carbocycles. The summed E-state index contributed by atoms with van der Waals surface area (Å²) in [6.45, 7) is 0. The molecule has 0 saturated carbocycles. The van der Waals surface area contributed by atoms with Crippen molar-refractivity contribution in [1.82, 2.24) is 5.43 Å². The van der Waals surface area contributed by atoms with Gasteiger partial charge < -0.3 is 10.1 Å². The average molecular weight is 410 g/mol. The maximum Gasteiger partial charge on any atom is 0.337 e. The minimum absolute atomic E-state index is 0.389. The Hall–Kier alpha value is -3.51. The number of aryl methyl sites for hydroxylation is 1. The molecule has 2 amide bonds. The highest BCUT2D eigenvalue weighted by Crippen LogP contribution is 2.37. The van der Waals surface area contributed by atoms with Crippen LogP contribution in [0.5, 0.6) is 0 Å². The van der Waals surface area contributed by atoms with Crippen molar-refractivity contribution in [2.24, 2.45) is 5.10 Å². The van der Waals surface area contributed by atoms with E-state index in [1.807, 2.05) is 0 Å². The van der Waals surface area contributed by atoms with Gasteiger partial charge in [0, 0.05) is 4.88 Å². The van der Waals surface area contributed by atoms with Crippen LogP contribution in [0, 0.1) is 11.3 Å². The van der Waals surface area contributed by atoms with Gasteiger partial charge in [-0.15, -0.1) is 11.3 Å². The fraction of sp³-hybridized carbons (Fsp3) is 0.250. The van der Waals surface area contributed by atoms with E-state index in [-0.39, 0.29) is 0 Å². The third kappa shape index (κ3) is 4.67. The molecule has 0 radical (unpaired) electrons. The highest BCUT2D eigenvalue weighted by Gasteiger charge is 2.23. The summed E-state index contributed by atoms with van der Waals surface area (Å²) in [5.41, 5.74) is 4.58. The van der Waals surface area contributed by atoms with E-state index in [9.17, 15) is 19.6 Å². The second-order valence-electron chi connectivity index (χ2n) is 6.29. The Balaban J connectivity index is 1.59. The van der Waals surface area contributed by atoms with Gasteiger partial charge in [-0.25, -0.2) is 10.2 Å². The van der Waals surface area contributed by atoms with Crippen LogP contribution in [-0.4, -0.2) is 31.1 Å². The number of esters is 1. The lowest BCUT2D eigenvalue weighted by molar-refractivity contribution is -0.136. The summed E-state index contributed by atoms with van der Waals surface area (Å²) < 4.78 is 4.61. The van der Waals surface area contributed by atoms with Gasteiger partial charge in [0.25, 0.3) is 0 Å². The molecule has 148 valence electrons. The second-order valence-corrected chi connectivity index (χ2v) is 7.40. The third-order valence-electron chi connectivity index (χ3n) is 4.43. The molecule has 0 fully saturated rings. The average Bonchev–Trinajstić information content (AvgIpc) is 3.10. The van der Waals surface area contributed by atoms with Crippen LogP contribution in [0.4, 0.5) is 5.00 Å². The molecule has 29 heavy (non-hydrogen) atoms. The van der Waals surface area contributed by atoms with Crippen LogP contribution in [0.1, 0.15) is 44.8 Å². The normalized spacial score (nSPS) is 12.7. The van der Waals surface area contributed by atoms with Gasteiger partial charge in [-0.2, -0.15) is 10.4 Å². The van der Waals surface area contributed by atoms with Crippen molar-refractivity contribution in [3.05, 3.63) is 51.4 Å². The minimum Gasteiger partial charge on any atom is -0.465 e. The van der Waals surface area contributed by atoms with E-state index in [1.54, 1.807) is 24.3 Å². The summed E-state index contributed by atoms with van der Waals surface area (Å²) in [5, 5.41) is 16.1. The Morgan fingerprint density at radius 3 is 2.59 bits per heavy atom.